The van der Waals surface area contributed by atoms with E-state index in [2.05, 4.69) is 20.3 Å². The highest BCUT2D eigenvalue weighted by Gasteiger charge is 2.24. The quantitative estimate of drug-likeness (QED) is 0.569. The van der Waals surface area contributed by atoms with E-state index in [1.54, 1.807) is 24.4 Å². The van der Waals surface area contributed by atoms with Crippen molar-refractivity contribution in [3.63, 3.8) is 0 Å². The highest BCUT2D eigenvalue weighted by Crippen LogP contribution is 2.35. The van der Waals surface area contributed by atoms with Gasteiger partial charge >= 0.3 is 5.69 Å². The Morgan fingerprint density at radius 3 is 2.78 bits per heavy atom. The minimum absolute atomic E-state index is 0.00198. The third-order valence-corrected chi connectivity index (χ3v) is 3.76. The number of hydrogen-bond donors (Lipinski definition) is 1. The summed E-state index contributed by atoms with van der Waals surface area (Å²) in [6.45, 7) is 0. The van der Waals surface area contributed by atoms with Crippen LogP contribution in [0.1, 0.15) is 0 Å². The fourth-order valence-electron chi connectivity index (χ4n) is 1.93. The molecule has 3 aromatic rings. The number of halogens is 2. The number of nitro groups is 1. The molecule has 0 fully saturated rings. The lowest BCUT2D eigenvalue weighted by Crippen LogP contribution is -2.07. The minimum Gasteiger partial charge on any atom is -0.333 e. The molecule has 116 valence electrons. The van der Waals surface area contributed by atoms with Crippen LogP contribution < -0.4 is 5.32 Å². The minimum atomic E-state index is -0.573. The van der Waals surface area contributed by atoms with Crippen molar-refractivity contribution in [3.05, 3.63) is 63.4 Å². The normalized spacial score (nSPS) is 10.5. The van der Waals surface area contributed by atoms with Crippen molar-refractivity contribution in [2.45, 2.75) is 0 Å². The molecule has 1 aromatic carbocycles. The van der Waals surface area contributed by atoms with Gasteiger partial charge in [0.15, 0.2) is 0 Å². The van der Waals surface area contributed by atoms with Crippen LogP contribution in [0.4, 0.5) is 17.2 Å². The molecular formula is C13H8Cl2N6O2. The third-order valence-electron chi connectivity index (χ3n) is 2.94. The maximum Gasteiger partial charge on any atom is 0.354 e. The van der Waals surface area contributed by atoms with Gasteiger partial charge in [-0.1, -0.05) is 29.3 Å². The summed E-state index contributed by atoms with van der Waals surface area (Å²) in [5.41, 5.74) is 0.0964. The van der Waals surface area contributed by atoms with E-state index in [-0.39, 0.29) is 22.3 Å². The number of imidazole rings is 1. The Morgan fingerprint density at radius 1 is 1.26 bits per heavy atom. The largest absolute Gasteiger partial charge is 0.354 e. The predicted octanol–water partition coefficient (Wildman–Crippen LogP) is 3.62. The molecule has 0 bridgehead atoms. The van der Waals surface area contributed by atoms with Crippen LogP contribution in [0.2, 0.25) is 10.0 Å². The zero-order valence-electron chi connectivity index (χ0n) is 11.3. The van der Waals surface area contributed by atoms with E-state index < -0.39 is 4.92 Å². The molecule has 0 amide bonds. The van der Waals surface area contributed by atoms with Crippen LogP contribution in [-0.4, -0.2) is 24.4 Å². The van der Waals surface area contributed by atoms with E-state index in [0.717, 1.165) is 0 Å². The van der Waals surface area contributed by atoms with E-state index >= 15 is 0 Å². The highest BCUT2D eigenvalue weighted by atomic mass is 35.5. The first-order chi connectivity index (χ1) is 11.1. The Bertz CT molecular complexity index is 869. The van der Waals surface area contributed by atoms with E-state index in [0.29, 0.717) is 10.7 Å². The number of benzene rings is 1. The first-order valence-corrected chi connectivity index (χ1v) is 7.02. The van der Waals surface area contributed by atoms with Gasteiger partial charge in [0.25, 0.3) is 0 Å². The van der Waals surface area contributed by atoms with Gasteiger partial charge in [0.2, 0.25) is 11.6 Å². The zero-order valence-corrected chi connectivity index (χ0v) is 12.9. The molecule has 23 heavy (non-hydrogen) atoms. The second-order valence-electron chi connectivity index (χ2n) is 4.35. The van der Waals surface area contributed by atoms with Gasteiger partial charge in [-0.15, -0.1) is 0 Å². The Labute approximate surface area is 139 Å². The lowest BCUT2D eigenvalue weighted by atomic mass is 10.3. The van der Waals surface area contributed by atoms with Crippen molar-refractivity contribution in [1.82, 2.24) is 19.5 Å². The Kier molecular flexibility index (Phi) is 4.09. The summed E-state index contributed by atoms with van der Waals surface area (Å²) in [5, 5.41) is 14.9. The maximum absolute atomic E-state index is 11.5. The first kappa shape index (κ1) is 15.2. The van der Waals surface area contributed by atoms with Gasteiger partial charge in [-0.2, -0.15) is 0 Å². The second-order valence-corrected chi connectivity index (χ2v) is 5.13. The average Bonchev–Trinajstić information content (AvgIpc) is 3.05. The monoisotopic (exact) mass is 350 g/mol. The molecule has 1 N–H and O–H groups in total. The van der Waals surface area contributed by atoms with Crippen LogP contribution >= 0.6 is 23.2 Å². The third kappa shape index (κ3) is 2.94. The molecule has 2 aromatic heterocycles. The molecule has 0 radical (unpaired) electrons. The molecule has 0 atom stereocenters. The van der Waals surface area contributed by atoms with Crippen LogP contribution in [0.5, 0.6) is 0 Å². The summed E-state index contributed by atoms with van der Waals surface area (Å²) < 4.78 is 1.42. The van der Waals surface area contributed by atoms with Crippen molar-refractivity contribution < 1.29 is 4.92 Å². The van der Waals surface area contributed by atoms with E-state index in [4.69, 9.17) is 23.2 Å². The standard InChI is InChI=1S/C13H8Cl2N6O2/c14-8-2-1-3-9(10(8)15)19-12-11(21(22)23)13(18-6-17-12)20-5-4-16-7-20/h1-7H,(H,17,18,19). The molecule has 0 spiro atoms. The zero-order chi connectivity index (χ0) is 16.4. The van der Waals surface area contributed by atoms with Gasteiger partial charge in [0.1, 0.15) is 12.7 Å². The number of aromatic nitrogens is 4. The van der Waals surface area contributed by atoms with E-state index in [1.165, 1.54) is 23.4 Å². The lowest BCUT2D eigenvalue weighted by molar-refractivity contribution is -0.384. The van der Waals surface area contributed by atoms with Crippen molar-refractivity contribution >= 4 is 40.4 Å². The van der Waals surface area contributed by atoms with E-state index in [1.807, 2.05) is 0 Å². The number of nitrogens with zero attached hydrogens (tertiary/aromatic N) is 5. The Hall–Kier alpha value is -2.71. The Morgan fingerprint density at radius 2 is 2.09 bits per heavy atom. The molecule has 2 heterocycles. The fourth-order valence-corrected chi connectivity index (χ4v) is 2.28. The molecule has 0 aliphatic carbocycles. The summed E-state index contributed by atoms with van der Waals surface area (Å²) in [6.07, 6.45) is 5.66. The number of hydrogen-bond acceptors (Lipinski definition) is 6. The molecule has 0 saturated carbocycles. The SMILES string of the molecule is O=[N+]([O-])c1c(Nc2cccc(Cl)c2Cl)ncnc1-n1ccnc1. The molecule has 10 heteroatoms. The summed E-state index contributed by atoms with van der Waals surface area (Å²) in [4.78, 5) is 22.7. The van der Waals surface area contributed by atoms with Crippen molar-refractivity contribution in [2.75, 3.05) is 5.32 Å². The summed E-state index contributed by atoms with van der Waals surface area (Å²) in [5.74, 6) is 0.0843. The van der Waals surface area contributed by atoms with Gasteiger partial charge < -0.3 is 5.32 Å². The predicted molar refractivity (Wildman–Crippen MR) is 85.6 cm³/mol. The fraction of sp³-hybridized carbons (Fsp3) is 0. The molecule has 3 rings (SSSR count). The van der Waals surface area contributed by atoms with E-state index in [9.17, 15) is 10.1 Å². The number of rotatable bonds is 4. The summed E-state index contributed by atoms with van der Waals surface area (Å²) in [6, 6.07) is 4.91. The first-order valence-electron chi connectivity index (χ1n) is 6.26. The van der Waals surface area contributed by atoms with Crippen molar-refractivity contribution in [2.24, 2.45) is 0 Å². The molecule has 0 unspecified atom stereocenters. The van der Waals surface area contributed by atoms with Gasteiger partial charge in [0.05, 0.1) is 20.7 Å². The summed E-state index contributed by atoms with van der Waals surface area (Å²) in [7, 11) is 0. The second kappa shape index (κ2) is 6.19. The summed E-state index contributed by atoms with van der Waals surface area (Å²) >= 11 is 12.0. The smallest absolute Gasteiger partial charge is 0.333 e. The topological polar surface area (TPSA) is 98.8 Å². The van der Waals surface area contributed by atoms with Crippen molar-refractivity contribution in [1.29, 1.82) is 0 Å². The molecular weight excluding hydrogens is 343 g/mol. The van der Waals surface area contributed by atoms with Gasteiger partial charge in [-0.05, 0) is 12.1 Å². The van der Waals surface area contributed by atoms with Crippen molar-refractivity contribution in [3.8, 4) is 5.82 Å². The molecule has 0 aliphatic heterocycles. The number of anilines is 2. The van der Waals surface area contributed by atoms with Crippen LogP contribution in [0.3, 0.4) is 0 Å². The molecule has 8 nitrogen and oxygen atoms in total. The van der Waals surface area contributed by atoms with Crippen LogP contribution in [0.25, 0.3) is 5.82 Å². The van der Waals surface area contributed by atoms with Crippen LogP contribution in [0.15, 0.2) is 43.2 Å². The Balaban J connectivity index is 2.11. The number of nitrogens with one attached hydrogen (secondary N) is 1. The lowest BCUT2D eigenvalue weighted by Gasteiger charge is -2.10. The van der Waals surface area contributed by atoms with Gasteiger partial charge in [-0.25, -0.2) is 15.0 Å². The van der Waals surface area contributed by atoms with Gasteiger partial charge in [-0.3, -0.25) is 14.7 Å². The van der Waals surface area contributed by atoms with Crippen LogP contribution in [-0.2, 0) is 0 Å². The molecule has 0 saturated heterocycles. The maximum atomic E-state index is 11.5. The van der Waals surface area contributed by atoms with Gasteiger partial charge in [0, 0.05) is 12.4 Å². The molecule has 0 aliphatic rings. The average molecular weight is 351 g/mol. The highest BCUT2D eigenvalue weighted by molar-refractivity contribution is 6.43. The van der Waals surface area contributed by atoms with Crippen LogP contribution in [0, 0.1) is 10.1 Å².